The molecule has 1 aromatic carbocycles. The molecule has 2 aromatic rings. The first kappa shape index (κ1) is 21.3. The van der Waals surface area contributed by atoms with Crippen LogP contribution in [0.3, 0.4) is 0 Å². The Balaban J connectivity index is 1.81. The first-order valence-electron chi connectivity index (χ1n) is 9.49. The van der Waals surface area contributed by atoms with Crippen LogP contribution in [0, 0.1) is 12.3 Å². The number of carbonyl (C=O) groups excluding carboxylic acids is 2. The molecule has 1 heterocycles. The number of hydrogen-bond donors (Lipinski definition) is 2. The van der Waals surface area contributed by atoms with Crippen LogP contribution < -0.4 is 10.0 Å². The summed E-state index contributed by atoms with van der Waals surface area (Å²) >= 11 is 0. The summed E-state index contributed by atoms with van der Waals surface area (Å²) in [6, 6.07) is 5.65. The third-order valence-corrected chi connectivity index (χ3v) is 6.47. The highest BCUT2D eigenvalue weighted by Gasteiger charge is 2.37. The van der Waals surface area contributed by atoms with E-state index in [9.17, 15) is 18.0 Å². The lowest BCUT2D eigenvalue weighted by atomic mass is 9.76. The Kier molecular flexibility index (Phi) is 5.44. The van der Waals surface area contributed by atoms with E-state index in [2.05, 4.69) is 10.0 Å². The standard InChI is InChI=1S/C21H26N2O5S/c1-12(2)23-29(26,27)15-8-6-14(7-9-15)22-20(25)19-13(3)18-16(24)10-21(4,5)11-17(18)28-19/h6-9,12,23H,10-11H2,1-5H3,(H,22,25). The van der Waals surface area contributed by atoms with Gasteiger partial charge in [-0.3, -0.25) is 9.59 Å². The molecular weight excluding hydrogens is 392 g/mol. The summed E-state index contributed by atoms with van der Waals surface area (Å²) in [5.41, 5.74) is 1.28. The summed E-state index contributed by atoms with van der Waals surface area (Å²) in [6.07, 6.45) is 1.01. The van der Waals surface area contributed by atoms with Crippen LogP contribution in [0.5, 0.6) is 0 Å². The minimum atomic E-state index is -3.60. The molecule has 29 heavy (non-hydrogen) atoms. The summed E-state index contributed by atoms with van der Waals surface area (Å²) in [5, 5.41) is 2.70. The van der Waals surface area contributed by atoms with Crippen molar-refractivity contribution in [3.63, 3.8) is 0 Å². The molecule has 8 heteroatoms. The number of benzene rings is 1. The number of carbonyl (C=O) groups is 2. The molecule has 0 aliphatic heterocycles. The van der Waals surface area contributed by atoms with E-state index in [1.54, 1.807) is 20.8 Å². The van der Waals surface area contributed by atoms with Gasteiger partial charge in [0.05, 0.1) is 10.5 Å². The number of rotatable bonds is 5. The molecule has 0 unspecified atom stereocenters. The average Bonchev–Trinajstić information content (AvgIpc) is 2.89. The summed E-state index contributed by atoms with van der Waals surface area (Å²) < 4.78 is 32.7. The van der Waals surface area contributed by atoms with Crippen molar-refractivity contribution in [2.75, 3.05) is 5.32 Å². The van der Waals surface area contributed by atoms with Crippen molar-refractivity contribution in [3.05, 3.63) is 46.9 Å². The SMILES string of the molecule is Cc1c(C(=O)Nc2ccc(S(=O)(=O)NC(C)C)cc2)oc2c1C(=O)CC(C)(C)C2. The Bertz CT molecular complexity index is 1060. The van der Waals surface area contributed by atoms with Crippen molar-refractivity contribution in [1.82, 2.24) is 4.72 Å². The van der Waals surface area contributed by atoms with Crippen molar-refractivity contribution >= 4 is 27.4 Å². The summed E-state index contributed by atoms with van der Waals surface area (Å²) in [6.45, 7) is 9.18. The van der Waals surface area contributed by atoms with Crippen LogP contribution in [0.25, 0.3) is 0 Å². The molecule has 0 atom stereocenters. The van der Waals surface area contributed by atoms with Gasteiger partial charge in [0, 0.05) is 30.1 Å². The second-order valence-corrected chi connectivity index (χ2v) is 10.3. The molecule has 1 amide bonds. The molecule has 7 nitrogen and oxygen atoms in total. The van der Waals surface area contributed by atoms with Crippen molar-refractivity contribution in [2.45, 2.75) is 58.4 Å². The Hall–Kier alpha value is -2.45. The van der Waals surface area contributed by atoms with Crippen molar-refractivity contribution in [2.24, 2.45) is 5.41 Å². The van der Waals surface area contributed by atoms with Gasteiger partial charge in [0.25, 0.3) is 5.91 Å². The second-order valence-electron chi connectivity index (χ2n) is 8.55. The van der Waals surface area contributed by atoms with E-state index >= 15 is 0 Å². The molecule has 0 spiro atoms. The van der Waals surface area contributed by atoms with Crippen molar-refractivity contribution < 1.29 is 22.4 Å². The molecule has 0 fully saturated rings. The van der Waals surface area contributed by atoms with Gasteiger partial charge in [0.2, 0.25) is 10.0 Å². The number of anilines is 1. The lowest BCUT2D eigenvalue weighted by molar-refractivity contribution is 0.0898. The minimum Gasteiger partial charge on any atom is -0.455 e. The summed E-state index contributed by atoms with van der Waals surface area (Å²) in [4.78, 5) is 25.3. The Morgan fingerprint density at radius 3 is 2.34 bits per heavy atom. The number of Topliss-reactive ketones (excluding diaryl/α,β-unsaturated/α-hetero) is 1. The number of hydrogen-bond acceptors (Lipinski definition) is 5. The minimum absolute atomic E-state index is 0.0104. The molecule has 2 N–H and O–H groups in total. The van der Waals surface area contributed by atoms with Gasteiger partial charge in [-0.15, -0.1) is 0 Å². The first-order valence-corrected chi connectivity index (χ1v) is 11.0. The Morgan fingerprint density at radius 1 is 1.14 bits per heavy atom. The molecule has 1 aliphatic rings. The van der Waals surface area contributed by atoms with Crippen LogP contribution in [0.2, 0.25) is 0 Å². The largest absolute Gasteiger partial charge is 0.455 e. The zero-order valence-corrected chi connectivity index (χ0v) is 18.1. The van der Waals surface area contributed by atoms with E-state index in [1.807, 2.05) is 13.8 Å². The molecule has 156 valence electrons. The normalized spacial score (nSPS) is 16.0. The van der Waals surface area contributed by atoms with Crippen LogP contribution in [-0.4, -0.2) is 26.2 Å². The highest BCUT2D eigenvalue weighted by atomic mass is 32.2. The van der Waals surface area contributed by atoms with Crippen molar-refractivity contribution in [1.29, 1.82) is 0 Å². The number of nitrogens with one attached hydrogen (secondary N) is 2. The molecule has 1 aliphatic carbocycles. The van der Waals surface area contributed by atoms with E-state index in [4.69, 9.17) is 4.42 Å². The number of fused-ring (bicyclic) bond motifs is 1. The van der Waals surface area contributed by atoms with E-state index < -0.39 is 15.9 Å². The van der Waals surface area contributed by atoms with Crippen LogP contribution in [-0.2, 0) is 16.4 Å². The maximum atomic E-state index is 12.7. The van der Waals surface area contributed by atoms with Gasteiger partial charge in [0.15, 0.2) is 11.5 Å². The number of furan rings is 1. The van der Waals surface area contributed by atoms with Crippen molar-refractivity contribution in [3.8, 4) is 0 Å². The third-order valence-electron chi connectivity index (χ3n) is 4.80. The van der Waals surface area contributed by atoms with Gasteiger partial charge >= 0.3 is 0 Å². The fraction of sp³-hybridized carbons (Fsp3) is 0.429. The van der Waals surface area contributed by atoms with Gasteiger partial charge in [-0.2, -0.15) is 0 Å². The maximum absolute atomic E-state index is 12.7. The van der Waals surface area contributed by atoms with Crippen LogP contribution in [0.1, 0.15) is 66.4 Å². The van der Waals surface area contributed by atoms with Gasteiger partial charge in [-0.1, -0.05) is 13.8 Å². The lowest BCUT2D eigenvalue weighted by Gasteiger charge is -2.27. The van der Waals surface area contributed by atoms with Gasteiger partial charge < -0.3 is 9.73 Å². The lowest BCUT2D eigenvalue weighted by Crippen LogP contribution is -2.30. The van der Waals surface area contributed by atoms with Gasteiger partial charge in [-0.25, -0.2) is 13.1 Å². The molecular formula is C21H26N2O5S. The Morgan fingerprint density at radius 2 is 1.76 bits per heavy atom. The van der Waals surface area contributed by atoms with E-state index in [0.717, 1.165) is 0 Å². The molecule has 1 aromatic heterocycles. The van der Waals surface area contributed by atoms with Gasteiger partial charge in [0.1, 0.15) is 5.76 Å². The van der Waals surface area contributed by atoms with Crippen LogP contribution in [0.4, 0.5) is 5.69 Å². The van der Waals surface area contributed by atoms with Crippen LogP contribution >= 0.6 is 0 Å². The topological polar surface area (TPSA) is 105 Å². The van der Waals surface area contributed by atoms with Crippen LogP contribution in [0.15, 0.2) is 33.6 Å². The monoisotopic (exact) mass is 418 g/mol. The maximum Gasteiger partial charge on any atom is 0.291 e. The zero-order valence-electron chi connectivity index (χ0n) is 17.3. The first-order chi connectivity index (χ1) is 13.4. The van der Waals surface area contributed by atoms with E-state index in [0.29, 0.717) is 35.4 Å². The van der Waals surface area contributed by atoms with E-state index in [1.165, 1.54) is 24.3 Å². The smallest absolute Gasteiger partial charge is 0.291 e. The predicted molar refractivity (Wildman–Crippen MR) is 110 cm³/mol. The molecule has 3 rings (SSSR count). The second kappa shape index (κ2) is 7.42. The molecule has 0 saturated carbocycles. The molecule has 0 bridgehead atoms. The number of sulfonamides is 1. The quantitative estimate of drug-likeness (QED) is 0.770. The zero-order chi connectivity index (χ0) is 21.6. The molecule has 0 radical (unpaired) electrons. The highest BCUT2D eigenvalue weighted by molar-refractivity contribution is 7.89. The number of ketones is 1. The average molecular weight is 419 g/mol. The number of amides is 1. The fourth-order valence-corrected chi connectivity index (χ4v) is 4.83. The molecule has 0 saturated heterocycles. The summed E-state index contributed by atoms with van der Waals surface area (Å²) in [7, 11) is -3.60. The van der Waals surface area contributed by atoms with Gasteiger partial charge in [-0.05, 0) is 50.5 Å². The highest BCUT2D eigenvalue weighted by Crippen LogP contribution is 2.38. The van der Waals surface area contributed by atoms with E-state index in [-0.39, 0.29) is 27.9 Å². The third kappa shape index (κ3) is 4.43. The fourth-order valence-electron chi connectivity index (χ4n) is 3.58. The Labute approximate surface area is 170 Å². The summed E-state index contributed by atoms with van der Waals surface area (Å²) in [5.74, 6) is 0.177. The predicted octanol–water partition coefficient (Wildman–Crippen LogP) is 3.68.